The molecule has 3 rings (SSSR count). The van der Waals surface area contributed by atoms with E-state index in [4.69, 9.17) is 5.73 Å². The summed E-state index contributed by atoms with van der Waals surface area (Å²) in [7, 11) is 4.00. The van der Waals surface area contributed by atoms with Gasteiger partial charge in [-0.3, -0.25) is 0 Å². The molecule has 0 radical (unpaired) electrons. The van der Waals surface area contributed by atoms with Gasteiger partial charge in [-0.2, -0.15) is 0 Å². The molecule has 1 heterocycles. The molecule has 0 saturated carbocycles. The molecule has 7 nitrogen and oxygen atoms in total. The van der Waals surface area contributed by atoms with Gasteiger partial charge in [-0.15, -0.1) is 0 Å². The highest BCUT2D eigenvalue weighted by molar-refractivity contribution is 9.11. The molecule has 0 aliphatic rings. The van der Waals surface area contributed by atoms with Gasteiger partial charge in [0, 0.05) is 13.0 Å². The van der Waals surface area contributed by atoms with E-state index in [1.807, 2.05) is 42.9 Å². The summed E-state index contributed by atoms with van der Waals surface area (Å²) in [5.74, 6) is -0.796. The van der Waals surface area contributed by atoms with Gasteiger partial charge in [0.2, 0.25) is 0 Å². The Balaban J connectivity index is 2.09. The van der Waals surface area contributed by atoms with E-state index in [1.165, 1.54) is 0 Å². The maximum absolute atomic E-state index is 12.4. The Bertz CT molecular complexity index is 1060. The molecule has 0 spiro atoms. The van der Waals surface area contributed by atoms with Gasteiger partial charge in [0.05, 0.1) is 20.0 Å². The minimum atomic E-state index is -1.74. The third-order valence-electron chi connectivity index (χ3n) is 4.98. The van der Waals surface area contributed by atoms with Gasteiger partial charge >= 0.3 is 5.97 Å². The maximum Gasteiger partial charge on any atom is 0.331 e. The molecule has 1 aromatic heterocycles. The standard InChI is InChI=1S/C21H24Br2N4O3/c1-26(2)8-5-9-27-17-7-4-3-6-16(17)25-19(27)21(24,20(29)30)12-13-10-14(22)18(28)15(23)11-13/h3-4,6-7,10-11,28H,5,8-9,12,24H2,1-2H3,(H,29,30)/t21-/m1/s1. The molecule has 3 aromatic rings. The number of nitrogens with zero attached hydrogens (tertiary/aromatic N) is 3. The van der Waals surface area contributed by atoms with Crippen molar-refractivity contribution in [2.24, 2.45) is 5.73 Å². The average molecular weight is 540 g/mol. The minimum Gasteiger partial charge on any atom is -0.506 e. The van der Waals surface area contributed by atoms with Gasteiger partial charge in [-0.1, -0.05) is 12.1 Å². The lowest BCUT2D eigenvalue weighted by Crippen LogP contribution is -2.49. The number of imidazole rings is 1. The first-order chi connectivity index (χ1) is 14.1. The van der Waals surface area contributed by atoms with Crippen LogP contribution in [0.15, 0.2) is 45.3 Å². The normalized spacial score (nSPS) is 13.7. The number of hydrogen-bond acceptors (Lipinski definition) is 5. The second kappa shape index (κ2) is 9.05. The lowest BCUT2D eigenvalue weighted by Gasteiger charge is -2.26. The van der Waals surface area contributed by atoms with Crippen molar-refractivity contribution in [3.05, 3.63) is 56.7 Å². The molecular formula is C21H24Br2N4O3. The number of aryl methyl sites for hydroxylation is 1. The molecule has 0 unspecified atom stereocenters. The van der Waals surface area contributed by atoms with Crippen LogP contribution in [-0.4, -0.2) is 51.3 Å². The number of carboxylic acid groups (broad SMARTS) is 1. The summed E-state index contributed by atoms with van der Waals surface area (Å²) in [6.45, 7) is 1.46. The molecule has 160 valence electrons. The molecular weight excluding hydrogens is 516 g/mol. The van der Waals surface area contributed by atoms with Gasteiger partial charge in [-0.05, 0) is 88.7 Å². The lowest BCUT2D eigenvalue weighted by molar-refractivity contribution is -0.144. The number of fused-ring (bicyclic) bond motifs is 1. The van der Waals surface area contributed by atoms with Crippen LogP contribution in [0.1, 0.15) is 17.8 Å². The van der Waals surface area contributed by atoms with E-state index in [0.717, 1.165) is 18.5 Å². The van der Waals surface area contributed by atoms with Crippen molar-refractivity contribution in [2.45, 2.75) is 24.9 Å². The number of benzene rings is 2. The number of phenols is 1. The quantitative estimate of drug-likeness (QED) is 0.403. The average Bonchev–Trinajstić information content (AvgIpc) is 3.05. The Morgan fingerprint density at radius 1 is 1.23 bits per heavy atom. The van der Waals surface area contributed by atoms with Crippen molar-refractivity contribution < 1.29 is 15.0 Å². The summed E-state index contributed by atoms with van der Waals surface area (Å²) in [6, 6.07) is 10.9. The number of carboxylic acids is 1. The van der Waals surface area contributed by atoms with Crippen LogP contribution in [0.3, 0.4) is 0 Å². The van der Waals surface area contributed by atoms with Crippen LogP contribution in [0.25, 0.3) is 11.0 Å². The van der Waals surface area contributed by atoms with Crippen molar-refractivity contribution in [3.8, 4) is 5.75 Å². The third kappa shape index (κ3) is 4.54. The van der Waals surface area contributed by atoms with Crippen LogP contribution in [0.4, 0.5) is 0 Å². The fourth-order valence-corrected chi connectivity index (χ4v) is 4.76. The van der Waals surface area contributed by atoms with Crippen molar-refractivity contribution in [2.75, 3.05) is 20.6 Å². The molecule has 9 heteroatoms. The summed E-state index contributed by atoms with van der Waals surface area (Å²) >= 11 is 6.59. The van der Waals surface area contributed by atoms with Gasteiger partial charge in [0.15, 0.2) is 5.54 Å². The first-order valence-electron chi connectivity index (χ1n) is 9.43. The molecule has 0 aliphatic carbocycles. The van der Waals surface area contributed by atoms with Gasteiger partial charge < -0.3 is 25.4 Å². The zero-order chi connectivity index (χ0) is 22.1. The molecule has 0 amide bonds. The van der Waals surface area contributed by atoms with Crippen molar-refractivity contribution in [3.63, 3.8) is 0 Å². The zero-order valence-corrected chi connectivity index (χ0v) is 19.9. The number of rotatable bonds is 8. The predicted octanol–water partition coefficient (Wildman–Crippen LogP) is 3.70. The molecule has 1 atom stereocenters. The smallest absolute Gasteiger partial charge is 0.331 e. The van der Waals surface area contributed by atoms with E-state index in [1.54, 1.807) is 12.1 Å². The van der Waals surface area contributed by atoms with Crippen LogP contribution in [-0.2, 0) is 23.3 Å². The third-order valence-corrected chi connectivity index (χ3v) is 6.19. The Labute approximate surface area is 191 Å². The SMILES string of the molecule is CN(C)CCCn1c([C@](N)(Cc2cc(Br)c(O)c(Br)c2)C(=O)O)nc2ccccc21. The largest absolute Gasteiger partial charge is 0.506 e. The highest BCUT2D eigenvalue weighted by atomic mass is 79.9. The summed E-state index contributed by atoms with van der Waals surface area (Å²) in [5, 5.41) is 20.1. The van der Waals surface area contributed by atoms with Crippen molar-refractivity contribution >= 4 is 48.9 Å². The number of aromatic hydroxyl groups is 1. The number of carbonyl (C=O) groups is 1. The van der Waals surface area contributed by atoms with Crippen LogP contribution in [0, 0.1) is 0 Å². The van der Waals surface area contributed by atoms with Crippen LogP contribution in [0.5, 0.6) is 5.75 Å². The van der Waals surface area contributed by atoms with E-state index < -0.39 is 11.5 Å². The van der Waals surface area contributed by atoms with Gasteiger partial charge in [0.1, 0.15) is 11.6 Å². The molecule has 0 fully saturated rings. The van der Waals surface area contributed by atoms with Gasteiger partial charge in [-0.25, -0.2) is 9.78 Å². The number of halogens is 2. The monoisotopic (exact) mass is 538 g/mol. The van der Waals surface area contributed by atoms with E-state index in [2.05, 4.69) is 41.7 Å². The second-order valence-electron chi connectivity index (χ2n) is 7.59. The highest BCUT2D eigenvalue weighted by Gasteiger charge is 2.41. The number of para-hydroxylation sites is 2. The summed E-state index contributed by atoms with van der Waals surface area (Å²) in [6.07, 6.45) is 0.836. The first kappa shape index (κ1) is 22.7. The van der Waals surface area contributed by atoms with Crippen molar-refractivity contribution in [1.29, 1.82) is 0 Å². The highest BCUT2D eigenvalue weighted by Crippen LogP contribution is 2.36. The number of nitrogens with two attached hydrogens (primary N) is 1. The predicted molar refractivity (Wildman–Crippen MR) is 124 cm³/mol. The molecule has 0 aliphatic heterocycles. The van der Waals surface area contributed by atoms with E-state index in [0.29, 0.717) is 32.4 Å². The molecule has 2 aromatic carbocycles. The maximum atomic E-state index is 12.4. The van der Waals surface area contributed by atoms with Crippen LogP contribution in [0.2, 0.25) is 0 Å². The van der Waals surface area contributed by atoms with E-state index in [-0.39, 0.29) is 12.2 Å². The van der Waals surface area contributed by atoms with Crippen molar-refractivity contribution in [1.82, 2.24) is 14.5 Å². The molecule has 0 bridgehead atoms. The first-order valence-corrected chi connectivity index (χ1v) is 11.0. The number of aliphatic carboxylic acids is 1. The zero-order valence-electron chi connectivity index (χ0n) is 16.8. The Morgan fingerprint density at radius 2 is 1.87 bits per heavy atom. The number of hydrogen-bond donors (Lipinski definition) is 3. The minimum absolute atomic E-state index is 0.0107. The molecule has 4 N–H and O–H groups in total. The Kier molecular flexibility index (Phi) is 6.86. The fourth-order valence-electron chi connectivity index (χ4n) is 3.48. The summed E-state index contributed by atoms with van der Waals surface area (Å²) in [5.41, 5.74) is 7.02. The molecule has 0 saturated heterocycles. The second-order valence-corrected chi connectivity index (χ2v) is 9.30. The molecule has 30 heavy (non-hydrogen) atoms. The van der Waals surface area contributed by atoms with E-state index in [9.17, 15) is 15.0 Å². The van der Waals surface area contributed by atoms with Crippen LogP contribution >= 0.6 is 31.9 Å². The summed E-state index contributed by atoms with van der Waals surface area (Å²) in [4.78, 5) is 19.1. The van der Waals surface area contributed by atoms with E-state index >= 15 is 0 Å². The lowest BCUT2D eigenvalue weighted by atomic mass is 9.90. The fraction of sp³-hybridized carbons (Fsp3) is 0.333. The van der Waals surface area contributed by atoms with Crippen LogP contribution < -0.4 is 5.73 Å². The summed E-state index contributed by atoms with van der Waals surface area (Å²) < 4.78 is 2.83. The van der Waals surface area contributed by atoms with Gasteiger partial charge in [0.25, 0.3) is 0 Å². The topological polar surface area (TPSA) is 105 Å². The number of aromatic nitrogens is 2. The Morgan fingerprint density at radius 3 is 2.47 bits per heavy atom. The number of phenolic OH excluding ortho intramolecular Hbond substituents is 1. The Hall–Kier alpha value is -1.94.